The average molecular weight is 528 g/mol. The summed E-state index contributed by atoms with van der Waals surface area (Å²) in [4.78, 5) is -1.15. The van der Waals surface area contributed by atoms with E-state index in [-0.39, 0.29) is 5.39 Å². The maximum absolute atomic E-state index is 14.1. The Kier molecular flexibility index (Phi) is 6.48. The van der Waals surface area contributed by atoms with Crippen LogP contribution in [0.15, 0.2) is 47.4 Å². The van der Waals surface area contributed by atoms with Crippen molar-refractivity contribution in [1.29, 1.82) is 5.26 Å². The summed E-state index contributed by atoms with van der Waals surface area (Å²) in [6.07, 6.45) is -7.34. The molecule has 33 heavy (non-hydrogen) atoms. The molecular weight excluding hydrogens is 519 g/mol. The smallest absolute Gasteiger partial charge is 0.206 e. The Labute approximate surface area is 179 Å². The van der Waals surface area contributed by atoms with E-state index in [1.807, 2.05) is 0 Å². The van der Waals surface area contributed by atoms with Crippen molar-refractivity contribution in [3.8, 4) is 6.07 Å². The lowest BCUT2D eigenvalue weighted by molar-refractivity contribution is -0.382. The molecule has 0 saturated heterocycles. The SMILES string of the molecule is N#CCN(S(=O)(=O)c1ccc2ccccc2c1)S(=O)(=O)C(F)(F)C(F)(F)C(F)(F)C(F)(F)F. The number of nitriles is 1. The van der Waals surface area contributed by atoms with E-state index in [0.29, 0.717) is 17.5 Å². The highest BCUT2D eigenvalue weighted by atomic mass is 32.3. The van der Waals surface area contributed by atoms with Gasteiger partial charge in [0.2, 0.25) is 0 Å². The molecule has 182 valence electrons. The van der Waals surface area contributed by atoms with Crippen LogP contribution < -0.4 is 0 Å². The van der Waals surface area contributed by atoms with Crippen LogP contribution >= 0.6 is 0 Å². The van der Waals surface area contributed by atoms with Crippen molar-refractivity contribution in [1.82, 2.24) is 3.71 Å². The second-order valence-electron chi connectivity index (χ2n) is 6.27. The maximum Gasteiger partial charge on any atom is 0.460 e. The molecule has 0 bridgehead atoms. The third kappa shape index (κ3) is 3.99. The fourth-order valence-electron chi connectivity index (χ4n) is 2.45. The van der Waals surface area contributed by atoms with Gasteiger partial charge in [0.15, 0.2) is 0 Å². The number of rotatable bonds is 7. The van der Waals surface area contributed by atoms with Gasteiger partial charge in [-0.25, -0.2) is 16.8 Å². The summed E-state index contributed by atoms with van der Waals surface area (Å²) in [6.45, 7) is -2.14. The fraction of sp³-hybridized carbons (Fsp3) is 0.312. The van der Waals surface area contributed by atoms with Gasteiger partial charge in [-0.3, -0.25) is 0 Å². The second-order valence-corrected chi connectivity index (χ2v) is 10.3. The quantitative estimate of drug-likeness (QED) is 0.398. The van der Waals surface area contributed by atoms with Crippen LogP contribution in [0.5, 0.6) is 0 Å². The predicted molar refractivity (Wildman–Crippen MR) is 93.3 cm³/mol. The first kappa shape index (κ1) is 26.7. The summed E-state index contributed by atoms with van der Waals surface area (Å²) in [6, 6.07) is 8.67. The lowest BCUT2D eigenvalue weighted by Crippen LogP contribution is -2.65. The molecule has 0 amide bonds. The minimum atomic E-state index is -7.66. The highest BCUT2D eigenvalue weighted by molar-refractivity contribution is 8.04. The van der Waals surface area contributed by atoms with Crippen molar-refractivity contribution in [2.75, 3.05) is 6.54 Å². The highest BCUT2D eigenvalue weighted by Gasteiger charge is 2.86. The number of nitrogens with zero attached hydrogens (tertiary/aromatic N) is 2. The third-order valence-electron chi connectivity index (χ3n) is 4.19. The van der Waals surface area contributed by atoms with Crippen molar-refractivity contribution in [2.45, 2.75) is 28.2 Å². The number of benzene rings is 2. The molecule has 0 saturated carbocycles. The van der Waals surface area contributed by atoms with E-state index in [0.717, 1.165) is 12.1 Å². The zero-order chi connectivity index (χ0) is 25.7. The molecule has 0 fully saturated rings. The number of alkyl halides is 9. The first-order chi connectivity index (χ1) is 14.8. The monoisotopic (exact) mass is 528 g/mol. The van der Waals surface area contributed by atoms with Crippen LogP contribution in [0, 0.1) is 11.3 Å². The predicted octanol–water partition coefficient (Wildman–Crippen LogP) is 4.11. The Hall–Kier alpha value is -2.58. The van der Waals surface area contributed by atoms with Gasteiger partial charge >= 0.3 is 33.3 Å². The number of sulfonamides is 2. The maximum atomic E-state index is 14.1. The van der Waals surface area contributed by atoms with Crippen molar-refractivity contribution >= 4 is 30.8 Å². The van der Waals surface area contributed by atoms with Gasteiger partial charge in [0.05, 0.1) is 11.0 Å². The summed E-state index contributed by atoms with van der Waals surface area (Å²) in [5.74, 6) is -15.3. The van der Waals surface area contributed by atoms with Gasteiger partial charge in [0, 0.05) is 0 Å². The normalized spacial score (nSPS) is 14.5. The van der Waals surface area contributed by atoms with Gasteiger partial charge in [-0.1, -0.05) is 34.0 Å². The summed E-state index contributed by atoms with van der Waals surface area (Å²) < 4.78 is 167. The molecule has 0 unspecified atom stereocenters. The van der Waals surface area contributed by atoms with E-state index < -0.39 is 58.5 Å². The zero-order valence-electron chi connectivity index (χ0n) is 15.5. The molecule has 0 aliphatic heterocycles. The summed E-state index contributed by atoms with van der Waals surface area (Å²) in [5.41, 5.74) is 0. The van der Waals surface area contributed by atoms with E-state index in [2.05, 4.69) is 0 Å². The van der Waals surface area contributed by atoms with Crippen LogP contribution in [0.1, 0.15) is 0 Å². The molecule has 17 heteroatoms. The number of fused-ring (bicyclic) bond motifs is 1. The zero-order valence-corrected chi connectivity index (χ0v) is 17.1. The standard InChI is InChI=1S/C16H9F9N2O4S2/c17-13(18,15(21,22)23)14(19,20)16(24,25)33(30,31)27(8-7-26)32(28,29)12-6-5-10-3-1-2-4-11(10)9-12/h1-6,9H,8H2. The van der Waals surface area contributed by atoms with E-state index in [4.69, 9.17) is 5.26 Å². The minimum Gasteiger partial charge on any atom is -0.206 e. The topological polar surface area (TPSA) is 95.3 Å². The van der Waals surface area contributed by atoms with Crippen LogP contribution in [-0.4, -0.2) is 50.4 Å². The van der Waals surface area contributed by atoms with Crippen molar-refractivity contribution < 1.29 is 56.3 Å². The Morgan fingerprint density at radius 2 is 1.30 bits per heavy atom. The van der Waals surface area contributed by atoms with Crippen LogP contribution in [0.25, 0.3) is 10.8 Å². The first-order valence-electron chi connectivity index (χ1n) is 8.10. The second kappa shape index (κ2) is 8.02. The summed E-state index contributed by atoms with van der Waals surface area (Å²) in [5, 5.41) is 1.74. The molecule has 2 aromatic rings. The van der Waals surface area contributed by atoms with Crippen molar-refractivity contribution in [2.24, 2.45) is 0 Å². The number of hydrogen-bond donors (Lipinski definition) is 0. The van der Waals surface area contributed by atoms with E-state index >= 15 is 0 Å². The Bertz CT molecular complexity index is 1320. The van der Waals surface area contributed by atoms with Crippen LogP contribution in [0.2, 0.25) is 0 Å². The van der Waals surface area contributed by atoms with Gasteiger partial charge in [-0.15, -0.1) is 0 Å². The van der Waals surface area contributed by atoms with E-state index in [9.17, 15) is 56.3 Å². The van der Waals surface area contributed by atoms with Gasteiger partial charge in [-0.2, -0.15) is 44.8 Å². The molecular formula is C16H9F9N2O4S2. The lowest BCUT2D eigenvalue weighted by atomic mass is 10.1. The average Bonchev–Trinajstić information content (AvgIpc) is 2.70. The molecule has 0 atom stereocenters. The highest BCUT2D eigenvalue weighted by Crippen LogP contribution is 2.55. The molecule has 2 aromatic carbocycles. The first-order valence-corrected chi connectivity index (χ1v) is 11.0. The van der Waals surface area contributed by atoms with Gasteiger partial charge < -0.3 is 0 Å². The number of halogens is 9. The number of hydrogen-bond acceptors (Lipinski definition) is 5. The molecule has 0 spiro atoms. The Morgan fingerprint density at radius 1 is 0.788 bits per heavy atom. The fourth-order valence-corrected chi connectivity index (χ4v) is 5.94. The molecule has 0 N–H and O–H groups in total. The Balaban J connectivity index is 2.73. The minimum absolute atomic E-state index is 0.0635. The van der Waals surface area contributed by atoms with Crippen molar-refractivity contribution in [3.63, 3.8) is 0 Å². The van der Waals surface area contributed by atoms with Crippen molar-refractivity contribution in [3.05, 3.63) is 42.5 Å². The summed E-state index contributed by atoms with van der Waals surface area (Å²) in [7, 11) is -13.4. The largest absolute Gasteiger partial charge is 0.460 e. The van der Waals surface area contributed by atoms with Crippen LogP contribution in [-0.2, 0) is 20.0 Å². The van der Waals surface area contributed by atoms with E-state index in [1.165, 1.54) is 24.3 Å². The van der Waals surface area contributed by atoms with Gasteiger partial charge in [0.25, 0.3) is 10.0 Å². The molecule has 2 rings (SSSR count). The third-order valence-corrected chi connectivity index (χ3v) is 8.46. The molecule has 0 aliphatic rings. The molecule has 0 aliphatic carbocycles. The lowest BCUT2D eigenvalue weighted by Gasteiger charge is -2.34. The molecule has 0 heterocycles. The van der Waals surface area contributed by atoms with E-state index in [1.54, 1.807) is 0 Å². The molecule has 0 aromatic heterocycles. The van der Waals surface area contributed by atoms with Crippen LogP contribution in [0.3, 0.4) is 0 Å². The Morgan fingerprint density at radius 3 is 1.79 bits per heavy atom. The molecule has 6 nitrogen and oxygen atoms in total. The summed E-state index contributed by atoms with van der Waals surface area (Å²) >= 11 is 0. The van der Waals surface area contributed by atoms with Crippen LogP contribution in [0.4, 0.5) is 39.5 Å². The van der Waals surface area contributed by atoms with Gasteiger partial charge in [-0.05, 0) is 22.9 Å². The molecule has 0 radical (unpaired) electrons. The van der Waals surface area contributed by atoms with Gasteiger partial charge in [0.1, 0.15) is 6.54 Å².